The number of nitrogens with two attached hydrogens (primary N) is 1. The number of carbonyl (C=O) groups is 1. The number of hydrogen-bond acceptors (Lipinski definition) is 2. The summed E-state index contributed by atoms with van der Waals surface area (Å²) in [4.78, 5) is 12.7. The van der Waals surface area contributed by atoms with Gasteiger partial charge in [-0.25, -0.2) is 0 Å². The lowest BCUT2D eigenvalue weighted by molar-refractivity contribution is -0.127. The maximum Gasteiger partial charge on any atom is 0.237 e. The van der Waals surface area contributed by atoms with E-state index >= 15 is 0 Å². The fourth-order valence-corrected chi connectivity index (χ4v) is 3.11. The number of benzene rings is 1. The van der Waals surface area contributed by atoms with Crippen molar-refractivity contribution in [1.82, 2.24) is 0 Å². The van der Waals surface area contributed by atoms with Gasteiger partial charge < -0.3 is 11.1 Å². The van der Waals surface area contributed by atoms with Crippen molar-refractivity contribution in [1.29, 1.82) is 0 Å². The highest BCUT2D eigenvalue weighted by Gasteiger charge is 2.50. The minimum atomic E-state index is -0.657. The number of hydrogen-bond donors (Lipinski definition) is 2. The first-order chi connectivity index (χ1) is 8.85. The van der Waals surface area contributed by atoms with Crippen molar-refractivity contribution >= 4 is 44.7 Å². The molecule has 1 aromatic rings. The quantitative estimate of drug-likeness (QED) is 0.829. The van der Waals surface area contributed by atoms with E-state index in [4.69, 9.17) is 18.0 Å². The number of thiocarbonyl (C=S) groups is 1. The van der Waals surface area contributed by atoms with Gasteiger partial charge in [-0.15, -0.1) is 0 Å². The van der Waals surface area contributed by atoms with Crippen molar-refractivity contribution in [3.8, 4) is 0 Å². The third-order valence-corrected chi connectivity index (χ3v) is 5.00. The van der Waals surface area contributed by atoms with E-state index in [-0.39, 0.29) is 5.91 Å². The van der Waals surface area contributed by atoms with Gasteiger partial charge in [0.15, 0.2) is 0 Å². The van der Waals surface area contributed by atoms with Crippen LogP contribution in [0.3, 0.4) is 0 Å². The van der Waals surface area contributed by atoms with Crippen LogP contribution in [-0.4, -0.2) is 10.9 Å². The van der Waals surface area contributed by atoms with Gasteiger partial charge in [0.05, 0.1) is 10.4 Å². The van der Waals surface area contributed by atoms with Crippen LogP contribution in [0.4, 0.5) is 5.69 Å². The van der Waals surface area contributed by atoms with Gasteiger partial charge in [0, 0.05) is 10.2 Å². The molecule has 0 aliphatic heterocycles. The number of amides is 1. The monoisotopic (exact) mass is 340 g/mol. The van der Waals surface area contributed by atoms with Crippen molar-refractivity contribution in [2.24, 2.45) is 17.1 Å². The molecule has 2 rings (SSSR count). The van der Waals surface area contributed by atoms with Crippen molar-refractivity contribution in [2.45, 2.75) is 26.7 Å². The zero-order valence-corrected chi connectivity index (χ0v) is 13.4. The fraction of sp³-hybridized carbons (Fsp3) is 0.429. The van der Waals surface area contributed by atoms with Crippen LogP contribution in [0.15, 0.2) is 22.7 Å². The molecule has 0 heterocycles. The number of nitrogens with one attached hydrogen (secondary N) is 1. The van der Waals surface area contributed by atoms with E-state index in [1.54, 1.807) is 0 Å². The second kappa shape index (κ2) is 5.21. The molecule has 0 spiro atoms. The lowest BCUT2D eigenvalue weighted by Crippen LogP contribution is -2.53. The van der Waals surface area contributed by atoms with Crippen LogP contribution in [0.2, 0.25) is 0 Å². The normalized spacial score (nSPS) is 25.5. The standard InChI is InChI=1S/C14H17BrN2OS/c1-8-6-14(7-8,12(16)19)13(18)17-10-3-4-11(15)9(2)5-10/h3-5,8H,6-7H2,1-2H3,(H2,16,19)(H,17,18). The summed E-state index contributed by atoms with van der Waals surface area (Å²) in [7, 11) is 0. The fourth-order valence-electron chi connectivity index (χ4n) is 2.60. The molecule has 102 valence electrons. The van der Waals surface area contributed by atoms with E-state index in [1.807, 2.05) is 25.1 Å². The summed E-state index contributed by atoms with van der Waals surface area (Å²) in [5.41, 5.74) is 6.96. The average Bonchev–Trinajstić information content (AvgIpc) is 2.29. The molecule has 0 radical (unpaired) electrons. The van der Waals surface area contributed by atoms with Crippen LogP contribution in [0.1, 0.15) is 25.3 Å². The van der Waals surface area contributed by atoms with Crippen LogP contribution in [-0.2, 0) is 4.79 Å². The highest BCUT2D eigenvalue weighted by Crippen LogP contribution is 2.46. The van der Waals surface area contributed by atoms with E-state index in [9.17, 15) is 4.79 Å². The molecule has 1 fully saturated rings. The van der Waals surface area contributed by atoms with Gasteiger partial charge in [-0.2, -0.15) is 0 Å². The van der Waals surface area contributed by atoms with E-state index < -0.39 is 5.41 Å². The van der Waals surface area contributed by atoms with Crippen LogP contribution in [0.25, 0.3) is 0 Å². The predicted molar refractivity (Wildman–Crippen MR) is 85.1 cm³/mol. The lowest BCUT2D eigenvalue weighted by atomic mass is 9.62. The molecule has 19 heavy (non-hydrogen) atoms. The third kappa shape index (κ3) is 2.67. The van der Waals surface area contributed by atoms with Crippen molar-refractivity contribution < 1.29 is 4.79 Å². The van der Waals surface area contributed by atoms with Crippen LogP contribution in [0.5, 0.6) is 0 Å². The SMILES string of the molecule is Cc1cc(NC(=O)C2(C(N)=S)CC(C)C2)ccc1Br. The van der Waals surface area contributed by atoms with Crippen molar-refractivity contribution in [2.75, 3.05) is 5.32 Å². The van der Waals surface area contributed by atoms with E-state index in [0.717, 1.165) is 28.6 Å². The molecule has 3 nitrogen and oxygen atoms in total. The Bertz CT molecular complexity index is 538. The largest absolute Gasteiger partial charge is 0.392 e. The van der Waals surface area contributed by atoms with Gasteiger partial charge in [0.2, 0.25) is 5.91 Å². The van der Waals surface area contributed by atoms with Crippen LogP contribution in [0, 0.1) is 18.3 Å². The van der Waals surface area contributed by atoms with Gasteiger partial charge in [-0.1, -0.05) is 35.1 Å². The maximum absolute atomic E-state index is 12.4. The van der Waals surface area contributed by atoms with E-state index in [1.165, 1.54) is 0 Å². The molecule has 0 aromatic heterocycles. The van der Waals surface area contributed by atoms with E-state index in [2.05, 4.69) is 28.2 Å². The van der Waals surface area contributed by atoms with Crippen molar-refractivity contribution in [3.05, 3.63) is 28.2 Å². The van der Waals surface area contributed by atoms with E-state index in [0.29, 0.717) is 10.9 Å². The third-order valence-electron chi connectivity index (χ3n) is 3.72. The predicted octanol–water partition coefficient (Wildman–Crippen LogP) is 3.40. The molecule has 1 amide bonds. The minimum absolute atomic E-state index is 0.0835. The number of rotatable bonds is 3. The Morgan fingerprint density at radius 2 is 2.16 bits per heavy atom. The smallest absolute Gasteiger partial charge is 0.237 e. The Hall–Kier alpha value is -0.940. The van der Waals surface area contributed by atoms with Gasteiger partial charge >= 0.3 is 0 Å². The molecular weight excluding hydrogens is 324 g/mol. The van der Waals surface area contributed by atoms with Gasteiger partial charge in [-0.05, 0) is 49.4 Å². The first-order valence-electron chi connectivity index (χ1n) is 6.22. The average molecular weight is 341 g/mol. The van der Waals surface area contributed by atoms with Gasteiger partial charge in [0.25, 0.3) is 0 Å². The maximum atomic E-state index is 12.4. The summed E-state index contributed by atoms with van der Waals surface area (Å²) < 4.78 is 1.02. The first-order valence-corrected chi connectivity index (χ1v) is 7.43. The van der Waals surface area contributed by atoms with Gasteiger partial charge in [-0.3, -0.25) is 4.79 Å². The van der Waals surface area contributed by atoms with Crippen LogP contribution >= 0.6 is 28.1 Å². The molecule has 0 saturated heterocycles. The second-order valence-electron chi connectivity index (χ2n) is 5.38. The highest BCUT2D eigenvalue weighted by molar-refractivity contribution is 9.10. The molecule has 5 heteroatoms. The number of halogens is 1. The Morgan fingerprint density at radius 3 is 2.63 bits per heavy atom. The molecule has 1 saturated carbocycles. The Balaban J connectivity index is 2.16. The van der Waals surface area contributed by atoms with Gasteiger partial charge in [0.1, 0.15) is 0 Å². The summed E-state index contributed by atoms with van der Waals surface area (Å²) in [5, 5.41) is 2.93. The Labute approximate surface area is 127 Å². The zero-order valence-electron chi connectivity index (χ0n) is 11.0. The minimum Gasteiger partial charge on any atom is -0.392 e. The number of anilines is 1. The number of aryl methyl sites for hydroxylation is 1. The first kappa shape index (κ1) is 14.5. The molecule has 0 bridgehead atoms. The Kier molecular flexibility index (Phi) is 3.97. The molecule has 1 aliphatic carbocycles. The summed E-state index contributed by atoms with van der Waals surface area (Å²) in [5.74, 6) is 0.415. The van der Waals surface area contributed by atoms with Crippen molar-refractivity contribution in [3.63, 3.8) is 0 Å². The summed E-state index contributed by atoms with van der Waals surface area (Å²) in [6, 6.07) is 5.71. The molecule has 0 unspecified atom stereocenters. The zero-order chi connectivity index (χ0) is 14.2. The van der Waals surface area contributed by atoms with Crippen LogP contribution < -0.4 is 11.1 Å². The topological polar surface area (TPSA) is 55.1 Å². The molecule has 1 aliphatic rings. The Morgan fingerprint density at radius 1 is 1.53 bits per heavy atom. The molecule has 3 N–H and O–H groups in total. The summed E-state index contributed by atoms with van der Waals surface area (Å²) in [6.07, 6.45) is 1.48. The number of carbonyl (C=O) groups excluding carboxylic acids is 1. The summed E-state index contributed by atoms with van der Waals surface area (Å²) >= 11 is 8.52. The second-order valence-corrected chi connectivity index (χ2v) is 6.67. The lowest BCUT2D eigenvalue weighted by Gasteiger charge is -2.44. The molecule has 0 atom stereocenters. The molecular formula is C14H17BrN2OS. The molecule has 1 aromatic carbocycles. The highest BCUT2D eigenvalue weighted by atomic mass is 79.9. The summed E-state index contributed by atoms with van der Waals surface area (Å²) in [6.45, 7) is 4.09.